The highest BCUT2D eigenvalue weighted by atomic mass is 16.6. The number of carbonyl (C=O) groups excluding carboxylic acids is 3. The van der Waals surface area contributed by atoms with E-state index in [2.05, 4.69) is 5.32 Å². The third kappa shape index (κ3) is 8.70. The Morgan fingerprint density at radius 3 is 1.83 bits per heavy atom. The fraction of sp³-hybridized carbons (Fsp3) is 0.308. The van der Waals surface area contributed by atoms with Crippen molar-refractivity contribution in [2.45, 2.75) is 52.1 Å². The van der Waals surface area contributed by atoms with E-state index < -0.39 is 17.6 Å². The van der Waals surface area contributed by atoms with E-state index in [1.165, 1.54) is 0 Å². The van der Waals surface area contributed by atoms with E-state index in [-0.39, 0.29) is 31.1 Å². The standard InChI is InChI=1S/C39H43NO6/c1-6-45-26-33(42)36(32(41)23-16-24-40-38(43)46-39(2,3)4)31-25-30(27-17-10-7-11-18-27)37(44-5)35(29-21-14-9-15-22-29)34(31)28-19-12-8-13-20-28/h7-15,17-22,25,36H,6,16,23-24,26H2,1-5H3,(H,40,43). The van der Waals surface area contributed by atoms with Crippen LogP contribution in [0.1, 0.15) is 52.0 Å². The molecule has 4 aromatic carbocycles. The molecule has 0 aromatic heterocycles. The van der Waals surface area contributed by atoms with Crippen LogP contribution in [0.4, 0.5) is 4.79 Å². The molecule has 1 unspecified atom stereocenters. The molecule has 7 nitrogen and oxygen atoms in total. The lowest BCUT2D eigenvalue weighted by atomic mass is 9.78. The van der Waals surface area contributed by atoms with Crippen LogP contribution in [0.5, 0.6) is 5.75 Å². The van der Waals surface area contributed by atoms with E-state index in [1.807, 2.05) is 104 Å². The molecule has 0 saturated heterocycles. The molecule has 0 aliphatic carbocycles. The molecule has 0 heterocycles. The molecular formula is C39H43NO6. The lowest BCUT2D eigenvalue weighted by molar-refractivity contribution is -0.132. The molecule has 0 saturated carbocycles. The minimum atomic E-state index is -1.11. The highest BCUT2D eigenvalue weighted by molar-refractivity contribution is 6.11. The molecule has 1 amide bonds. The van der Waals surface area contributed by atoms with Crippen LogP contribution in [0.3, 0.4) is 0 Å². The molecule has 1 N–H and O–H groups in total. The van der Waals surface area contributed by atoms with Gasteiger partial charge in [0.25, 0.3) is 0 Å². The van der Waals surface area contributed by atoms with Gasteiger partial charge in [-0.25, -0.2) is 4.79 Å². The first-order chi connectivity index (χ1) is 22.1. The van der Waals surface area contributed by atoms with Crippen molar-refractivity contribution in [2.24, 2.45) is 0 Å². The predicted molar refractivity (Wildman–Crippen MR) is 182 cm³/mol. The monoisotopic (exact) mass is 621 g/mol. The predicted octanol–water partition coefficient (Wildman–Crippen LogP) is 8.26. The maximum absolute atomic E-state index is 14.2. The van der Waals surface area contributed by atoms with Crippen molar-refractivity contribution in [3.8, 4) is 39.1 Å². The smallest absolute Gasteiger partial charge is 0.407 e. The number of amides is 1. The van der Waals surface area contributed by atoms with Gasteiger partial charge in [-0.2, -0.15) is 0 Å². The Labute approximate surface area is 271 Å². The fourth-order valence-corrected chi connectivity index (χ4v) is 5.48. The van der Waals surface area contributed by atoms with Crippen LogP contribution in [-0.4, -0.2) is 50.1 Å². The summed E-state index contributed by atoms with van der Waals surface area (Å²) in [6.07, 6.45) is -0.143. The van der Waals surface area contributed by atoms with Crippen molar-refractivity contribution >= 4 is 17.7 Å². The van der Waals surface area contributed by atoms with E-state index in [0.717, 1.165) is 33.4 Å². The van der Waals surface area contributed by atoms with Crippen LogP contribution >= 0.6 is 0 Å². The van der Waals surface area contributed by atoms with Crippen LogP contribution in [0.25, 0.3) is 33.4 Å². The Hall–Kier alpha value is -4.75. The number of nitrogens with one attached hydrogen (secondary N) is 1. The molecule has 7 heteroatoms. The summed E-state index contributed by atoms with van der Waals surface area (Å²) in [5.41, 5.74) is 4.89. The molecule has 0 aliphatic rings. The molecular weight excluding hydrogens is 578 g/mol. The van der Waals surface area contributed by atoms with Crippen LogP contribution < -0.4 is 10.1 Å². The number of rotatable bonds is 14. The Bertz CT molecular complexity index is 1610. The first kappa shape index (κ1) is 34.1. The topological polar surface area (TPSA) is 90.9 Å². The summed E-state index contributed by atoms with van der Waals surface area (Å²) in [5, 5.41) is 2.71. The number of benzene rings is 4. The number of carbonyl (C=O) groups is 3. The molecule has 240 valence electrons. The van der Waals surface area contributed by atoms with Gasteiger partial charge in [-0.05, 0) is 68.0 Å². The second kappa shape index (κ2) is 16.0. The molecule has 4 rings (SSSR count). The van der Waals surface area contributed by atoms with Crippen LogP contribution in [0.2, 0.25) is 0 Å². The van der Waals surface area contributed by atoms with Crippen molar-refractivity contribution < 1.29 is 28.6 Å². The second-order valence-electron chi connectivity index (χ2n) is 11.9. The first-order valence-corrected chi connectivity index (χ1v) is 15.7. The number of methoxy groups -OCH3 is 1. The van der Waals surface area contributed by atoms with Crippen LogP contribution in [0.15, 0.2) is 97.1 Å². The summed E-state index contributed by atoms with van der Waals surface area (Å²) in [6, 6.07) is 31.4. The van der Waals surface area contributed by atoms with E-state index in [4.69, 9.17) is 14.2 Å². The summed E-state index contributed by atoms with van der Waals surface area (Å²) in [6.45, 7) is 7.55. The summed E-state index contributed by atoms with van der Waals surface area (Å²) in [7, 11) is 1.64. The van der Waals surface area contributed by atoms with Crippen LogP contribution in [0, 0.1) is 0 Å². The van der Waals surface area contributed by atoms with Gasteiger partial charge >= 0.3 is 6.09 Å². The highest BCUT2D eigenvalue weighted by Gasteiger charge is 2.34. The van der Waals surface area contributed by atoms with Gasteiger partial charge in [0.05, 0.1) is 7.11 Å². The van der Waals surface area contributed by atoms with E-state index >= 15 is 0 Å². The van der Waals surface area contributed by atoms with Gasteiger partial charge in [0.1, 0.15) is 29.7 Å². The molecule has 46 heavy (non-hydrogen) atoms. The number of ketones is 2. The lowest BCUT2D eigenvalue weighted by Crippen LogP contribution is -2.33. The normalized spacial score (nSPS) is 11.8. The second-order valence-corrected chi connectivity index (χ2v) is 11.9. The highest BCUT2D eigenvalue weighted by Crippen LogP contribution is 2.49. The molecule has 0 radical (unpaired) electrons. The van der Waals surface area contributed by atoms with Gasteiger partial charge in [0, 0.05) is 30.7 Å². The number of ether oxygens (including phenoxy) is 3. The maximum Gasteiger partial charge on any atom is 0.407 e. The average Bonchev–Trinajstić information content (AvgIpc) is 3.05. The van der Waals surface area contributed by atoms with Gasteiger partial charge in [-0.3, -0.25) is 9.59 Å². The molecule has 1 atom stereocenters. The van der Waals surface area contributed by atoms with Gasteiger partial charge < -0.3 is 19.5 Å². The average molecular weight is 622 g/mol. The third-order valence-corrected chi connectivity index (χ3v) is 7.40. The summed E-state index contributed by atoms with van der Waals surface area (Å²) in [5.74, 6) is -1.05. The zero-order chi connectivity index (χ0) is 33.1. The van der Waals surface area contributed by atoms with Gasteiger partial charge in [-0.1, -0.05) is 91.0 Å². The molecule has 0 fully saturated rings. The van der Waals surface area contributed by atoms with Crippen LogP contribution in [-0.2, 0) is 19.1 Å². The first-order valence-electron chi connectivity index (χ1n) is 15.7. The Balaban J connectivity index is 1.91. The van der Waals surface area contributed by atoms with E-state index in [9.17, 15) is 14.4 Å². The number of hydrogen-bond donors (Lipinski definition) is 1. The van der Waals surface area contributed by atoms with Crippen molar-refractivity contribution in [1.29, 1.82) is 0 Å². The summed E-state index contributed by atoms with van der Waals surface area (Å²) < 4.78 is 17.1. The maximum atomic E-state index is 14.2. The number of Topliss-reactive ketones (excluding diaryl/α,β-unsaturated/α-hetero) is 2. The van der Waals surface area contributed by atoms with Crippen molar-refractivity contribution in [2.75, 3.05) is 26.9 Å². The Morgan fingerprint density at radius 2 is 1.30 bits per heavy atom. The number of hydrogen-bond acceptors (Lipinski definition) is 6. The van der Waals surface area contributed by atoms with E-state index in [0.29, 0.717) is 24.3 Å². The SMILES string of the molecule is CCOCC(=O)C(C(=O)CCCNC(=O)OC(C)(C)C)c1cc(-c2ccccc2)c(OC)c(-c2ccccc2)c1-c1ccccc1. The fourth-order valence-electron chi connectivity index (χ4n) is 5.48. The summed E-state index contributed by atoms with van der Waals surface area (Å²) in [4.78, 5) is 40.4. The lowest BCUT2D eigenvalue weighted by Gasteiger charge is -2.26. The van der Waals surface area contributed by atoms with Crippen molar-refractivity contribution in [3.05, 3.63) is 103 Å². The molecule has 0 bridgehead atoms. The minimum Gasteiger partial charge on any atom is -0.495 e. The quantitative estimate of drug-likeness (QED) is 0.113. The zero-order valence-corrected chi connectivity index (χ0v) is 27.3. The van der Waals surface area contributed by atoms with Gasteiger partial charge in [-0.15, -0.1) is 0 Å². The number of alkyl carbamates (subject to hydrolysis) is 1. The molecule has 0 aliphatic heterocycles. The van der Waals surface area contributed by atoms with Gasteiger partial charge in [0.15, 0.2) is 5.78 Å². The zero-order valence-electron chi connectivity index (χ0n) is 27.3. The van der Waals surface area contributed by atoms with E-state index in [1.54, 1.807) is 27.9 Å². The third-order valence-electron chi connectivity index (χ3n) is 7.40. The minimum absolute atomic E-state index is 0.0694. The summed E-state index contributed by atoms with van der Waals surface area (Å²) >= 11 is 0. The largest absolute Gasteiger partial charge is 0.495 e. The Kier molecular flexibility index (Phi) is 11.9. The van der Waals surface area contributed by atoms with Gasteiger partial charge in [0.2, 0.25) is 0 Å². The van der Waals surface area contributed by atoms with Crippen molar-refractivity contribution in [3.63, 3.8) is 0 Å². The van der Waals surface area contributed by atoms with Crippen molar-refractivity contribution in [1.82, 2.24) is 5.32 Å². The Morgan fingerprint density at radius 1 is 0.761 bits per heavy atom. The molecule has 4 aromatic rings. The molecule has 0 spiro atoms.